The number of rotatable bonds is 6. The van der Waals surface area contributed by atoms with Gasteiger partial charge in [0.15, 0.2) is 0 Å². The van der Waals surface area contributed by atoms with Gasteiger partial charge in [-0.1, -0.05) is 30.3 Å². The molecule has 124 valence electrons. The Morgan fingerprint density at radius 1 is 1.12 bits per heavy atom. The Morgan fingerprint density at radius 3 is 2.54 bits per heavy atom. The van der Waals surface area contributed by atoms with E-state index < -0.39 is 5.91 Å². The molecule has 5 heteroatoms. The largest absolute Gasteiger partial charge is 0.489 e. The van der Waals surface area contributed by atoms with E-state index in [1.54, 1.807) is 18.2 Å². The van der Waals surface area contributed by atoms with Crippen molar-refractivity contribution in [3.8, 4) is 11.7 Å². The first kappa shape index (κ1) is 15.9. The minimum Gasteiger partial charge on any atom is -0.489 e. The Labute approximate surface area is 140 Å². The van der Waals surface area contributed by atoms with Gasteiger partial charge in [-0.3, -0.25) is 4.79 Å². The lowest BCUT2D eigenvalue weighted by Crippen LogP contribution is -2.10. The molecule has 3 aromatic rings. The maximum absolute atomic E-state index is 11.6. The number of primary amides is 1. The van der Waals surface area contributed by atoms with Crippen LogP contribution in [-0.2, 0) is 6.61 Å². The van der Waals surface area contributed by atoms with E-state index in [1.807, 2.05) is 44.2 Å². The molecule has 2 N–H and O–H groups in total. The van der Waals surface area contributed by atoms with Crippen LogP contribution in [0.25, 0.3) is 10.8 Å². The quantitative estimate of drug-likeness (QED) is 0.746. The Morgan fingerprint density at radius 2 is 1.88 bits per heavy atom. The van der Waals surface area contributed by atoms with Crippen molar-refractivity contribution in [3.05, 3.63) is 59.9 Å². The van der Waals surface area contributed by atoms with Crippen molar-refractivity contribution < 1.29 is 18.7 Å². The summed E-state index contributed by atoms with van der Waals surface area (Å²) < 4.78 is 17.0. The topological polar surface area (TPSA) is 74.7 Å². The number of nitrogens with two attached hydrogens (primary N) is 1. The summed E-state index contributed by atoms with van der Waals surface area (Å²) in [4.78, 5) is 11.6. The van der Waals surface area contributed by atoms with Crippen molar-refractivity contribution >= 4 is 16.7 Å². The summed E-state index contributed by atoms with van der Waals surface area (Å²) in [5, 5.41) is 1.29. The van der Waals surface area contributed by atoms with Gasteiger partial charge in [0.05, 0.1) is 11.5 Å². The van der Waals surface area contributed by atoms with E-state index >= 15 is 0 Å². The predicted molar refractivity (Wildman–Crippen MR) is 91.3 cm³/mol. The van der Waals surface area contributed by atoms with Crippen LogP contribution in [0.15, 0.2) is 52.9 Å². The summed E-state index contributed by atoms with van der Waals surface area (Å²) in [6, 6.07) is 15.2. The summed E-state index contributed by atoms with van der Waals surface area (Å²) in [7, 11) is 0. The number of hydrogen-bond donors (Lipinski definition) is 1. The van der Waals surface area contributed by atoms with Gasteiger partial charge in [-0.25, -0.2) is 0 Å². The highest BCUT2D eigenvalue weighted by Gasteiger charge is 2.19. The molecule has 1 aromatic heterocycles. The summed E-state index contributed by atoms with van der Waals surface area (Å²) in [5.74, 6) is 0.405. The highest BCUT2D eigenvalue weighted by Crippen LogP contribution is 2.35. The number of benzene rings is 2. The van der Waals surface area contributed by atoms with E-state index in [2.05, 4.69) is 0 Å². The van der Waals surface area contributed by atoms with Crippen molar-refractivity contribution in [2.45, 2.75) is 26.6 Å². The molecule has 0 aliphatic rings. The average Bonchev–Trinajstić information content (AvgIpc) is 2.91. The summed E-state index contributed by atoms with van der Waals surface area (Å²) in [5.41, 5.74) is 6.45. The van der Waals surface area contributed by atoms with Crippen LogP contribution in [0.5, 0.6) is 11.7 Å². The molecule has 5 nitrogen and oxygen atoms in total. The minimum atomic E-state index is -0.628. The summed E-state index contributed by atoms with van der Waals surface area (Å²) in [6.07, 6.45) is -0.0889. The number of furan rings is 1. The number of fused-ring (bicyclic) bond motifs is 1. The van der Waals surface area contributed by atoms with Crippen LogP contribution in [0.3, 0.4) is 0 Å². The number of hydrogen-bond acceptors (Lipinski definition) is 4. The van der Waals surface area contributed by atoms with Gasteiger partial charge in [0.25, 0.3) is 11.9 Å². The fourth-order valence-corrected chi connectivity index (χ4v) is 2.41. The van der Waals surface area contributed by atoms with E-state index in [4.69, 9.17) is 19.6 Å². The number of amides is 1. The molecule has 3 rings (SSSR count). The second kappa shape index (κ2) is 6.66. The fourth-order valence-electron chi connectivity index (χ4n) is 2.41. The zero-order valence-electron chi connectivity index (χ0n) is 13.6. The van der Waals surface area contributed by atoms with E-state index in [0.717, 1.165) is 5.56 Å². The summed E-state index contributed by atoms with van der Waals surface area (Å²) in [6.45, 7) is 4.22. The van der Waals surface area contributed by atoms with E-state index in [-0.39, 0.29) is 17.8 Å². The van der Waals surface area contributed by atoms with Crippen LogP contribution in [0.4, 0.5) is 0 Å². The standard InChI is InChI=1S/C19H19NO4/c1-12(2)23-19-16-10-14(22-11-13-6-4-3-5-7-13)8-9-15(16)17(24-19)18(20)21/h3-10,12H,11H2,1-2H3,(H2,20,21). The lowest BCUT2D eigenvalue weighted by molar-refractivity contribution is 0.0961. The molecule has 0 saturated heterocycles. The zero-order chi connectivity index (χ0) is 17.1. The SMILES string of the molecule is CC(C)Oc1oc(C(N)=O)c2ccc(OCc3ccccc3)cc12. The molecular formula is C19H19NO4. The normalized spacial score (nSPS) is 11.0. The van der Waals surface area contributed by atoms with E-state index in [9.17, 15) is 4.79 Å². The monoisotopic (exact) mass is 325 g/mol. The Balaban J connectivity index is 1.92. The molecule has 1 amide bonds. The molecule has 2 aromatic carbocycles. The van der Waals surface area contributed by atoms with Crippen LogP contribution in [-0.4, -0.2) is 12.0 Å². The molecule has 0 spiro atoms. The van der Waals surface area contributed by atoms with Crippen molar-refractivity contribution in [2.24, 2.45) is 5.73 Å². The average molecular weight is 325 g/mol. The Hall–Kier alpha value is -2.95. The van der Waals surface area contributed by atoms with Gasteiger partial charge in [0, 0.05) is 5.39 Å². The third kappa shape index (κ3) is 3.35. The summed E-state index contributed by atoms with van der Waals surface area (Å²) >= 11 is 0. The molecule has 0 fully saturated rings. The van der Waals surface area contributed by atoms with Crippen LogP contribution >= 0.6 is 0 Å². The second-order valence-electron chi connectivity index (χ2n) is 5.73. The number of carbonyl (C=O) groups excluding carboxylic acids is 1. The Bertz CT molecular complexity index is 852. The maximum atomic E-state index is 11.6. The first-order valence-electron chi connectivity index (χ1n) is 7.74. The molecule has 24 heavy (non-hydrogen) atoms. The molecular weight excluding hydrogens is 306 g/mol. The van der Waals surface area contributed by atoms with Crippen LogP contribution in [0.2, 0.25) is 0 Å². The van der Waals surface area contributed by atoms with Crippen molar-refractivity contribution in [2.75, 3.05) is 0 Å². The van der Waals surface area contributed by atoms with Gasteiger partial charge in [0.2, 0.25) is 5.76 Å². The lowest BCUT2D eigenvalue weighted by Gasteiger charge is -2.08. The van der Waals surface area contributed by atoms with Crippen molar-refractivity contribution in [3.63, 3.8) is 0 Å². The molecule has 1 heterocycles. The van der Waals surface area contributed by atoms with E-state index in [0.29, 0.717) is 23.1 Å². The smallest absolute Gasteiger partial charge is 0.293 e. The van der Waals surface area contributed by atoms with Gasteiger partial charge in [-0.05, 0) is 37.6 Å². The molecule has 0 atom stereocenters. The molecule has 0 bridgehead atoms. The first-order valence-corrected chi connectivity index (χ1v) is 7.74. The first-order chi connectivity index (χ1) is 11.5. The van der Waals surface area contributed by atoms with Crippen LogP contribution < -0.4 is 15.2 Å². The molecule has 0 saturated carbocycles. The van der Waals surface area contributed by atoms with Gasteiger partial charge < -0.3 is 19.6 Å². The maximum Gasteiger partial charge on any atom is 0.293 e. The zero-order valence-corrected chi connectivity index (χ0v) is 13.6. The predicted octanol–water partition coefficient (Wildman–Crippen LogP) is 3.90. The van der Waals surface area contributed by atoms with Gasteiger partial charge >= 0.3 is 0 Å². The molecule has 0 aliphatic carbocycles. The lowest BCUT2D eigenvalue weighted by atomic mass is 10.1. The van der Waals surface area contributed by atoms with Crippen molar-refractivity contribution in [1.82, 2.24) is 0 Å². The highest BCUT2D eigenvalue weighted by molar-refractivity contribution is 6.06. The third-order valence-corrected chi connectivity index (χ3v) is 3.47. The van der Waals surface area contributed by atoms with E-state index in [1.165, 1.54) is 0 Å². The number of ether oxygens (including phenoxy) is 2. The highest BCUT2D eigenvalue weighted by atomic mass is 16.6. The van der Waals surface area contributed by atoms with Crippen LogP contribution in [0, 0.1) is 0 Å². The van der Waals surface area contributed by atoms with Gasteiger partial charge in [0.1, 0.15) is 12.4 Å². The van der Waals surface area contributed by atoms with Crippen LogP contribution in [0.1, 0.15) is 30.0 Å². The molecule has 0 unspecified atom stereocenters. The molecule has 0 radical (unpaired) electrons. The third-order valence-electron chi connectivity index (χ3n) is 3.47. The Kier molecular flexibility index (Phi) is 4.42. The minimum absolute atomic E-state index is 0.0889. The second-order valence-corrected chi connectivity index (χ2v) is 5.73. The van der Waals surface area contributed by atoms with Crippen molar-refractivity contribution in [1.29, 1.82) is 0 Å². The molecule has 0 aliphatic heterocycles. The van der Waals surface area contributed by atoms with Gasteiger partial charge in [-0.2, -0.15) is 0 Å². The fraction of sp³-hybridized carbons (Fsp3) is 0.211. The number of carbonyl (C=O) groups is 1. The van der Waals surface area contributed by atoms with Gasteiger partial charge in [-0.15, -0.1) is 0 Å².